The smallest absolute Gasteiger partial charge is 0.151 e. The SMILES string of the molecule is OC(O)CCCc1ccsc1. The number of rotatable bonds is 4. The molecule has 0 aliphatic heterocycles. The van der Waals surface area contributed by atoms with Gasteiger partial charge in [-0.15, -0.1) is 0 Å². The van der Waals surface area contributed by atoms with Crippen LogP contribution in [0.25, 0.3) is 0 Å². The minimum Gasteiger partial charge on any atom is -0.368 e. The molecule has 0 fully saturated rings. The van der Waals surface area contributed by atoms with Crippen LogP contribution < -0.4 is 0 Å². The Morgan fingerprint density at radius 3 is 2.82 bits per heavy atom. The van der Waals surface area contributed by atoms with Crippen LogP contribution in [0.15, 0.2) is 16.8 Å². The van der Waals surface area contributed by atoms with Crippen LogP contribution in [0.4, 0.5) is 0 Å². The molecule has 11 heavy (non-hydrogen) atoms. The average molecular weight is 172 g/mol. The van der Waals surface area contributed by atoms with E-state index in [4.69, 9.17) is 10.2 Å². The third-order valence-corrected chi connectivity index (χ3v) is 2.24. The van der Waals surface area contributed by atoms with Crippen molar-refractivity contribution in [2.75, 3.05) is 0 Å². The number of aliphatic hydroxyl groups is 2. The van der Waals surface area contributed by atoms with E-state index in [9.17, 15) is 0 Å². The first-order valence-electron chi connectivity index (χ1n) is 3.66. The van der Waals surface area contributed by atoms with Gasteiger partial charge >= 0.3 is 0 Å². The standard InChI is InChI=1S/C8H12O2S/c9-8(10)3-1-2-7-4-5-11-6-7/h4-6,8-10H,1-3H2. The van der Waals surface area contributed by atoms with Gasteiger partial charge in [0.05, 0.1) is 0 Å². The molecule has 0 radical (unpaired) electrons. The monoisotopic (exact) mass is 172 g/mol. The van der Waals surface area contributed by atoms with Crippen LogP contribution in [0.3, 0.4) is 0 Å². The van der Waals surface area contributed by atoms with E-state index in [0.717, 1.165) is 12.8 Å². The first-order valence-corrected chi connectivity index (χ1v) is 4.60. The van der Waals surface area contributed by atoms with Gasteiger partial charge in [0.1, 0.15) is 0 Å². The molecule has 1 rings (SSSR count). The van der Waals surface area contributed by atoms with Gasteiger partial charge in [0, 0.05) is 0 Å². The molecular weight excluding hydrogens is 160 g/mol. The van der Waals surface area contributed by atoms with Gasteiger partial charge in [-0.2, -0.15) is 11.3 Å². The second-order valence-electron chi connectivity index (χ2n) is 2.50. The second-order valence-corrected chi connectivity index (χ2v) is 3.28. The van der Waals surface area contributed by atoms with Crippen molar-refractivity contribution in [2.45, 2.75) is 25.6 Å². The van der Waals surface area contributed by atoms with Crippen molar-refractivity contribution in [1.82, 2.24) is 0 Å². The van der Waals surface area contributed by atoms with Gasteiger partial charge in [-0.05, 0) is 41.7 Å². The molecule has 0 saturated heterocycles. The maximum absolute atomic E-state index is 8.54. The molecule has 1 aromatic rings. The Morgan fingerprint density at radius 1 is 1.45 bits per heavy atom. The summed E-state index contributed by atoms with van der Waals surface area (Å²) in [6, 6.07) is 2.06. The van der Waals surface area contributed by atoms with Gasteiger partial charge < -0.3 is 10.2 Å². The minimum atomic E-state index is -1.14. The van der Waals surface area contributed by atoms with Crippen LogP contribution in [0, 0.1) is 0 Å². The van der Waals surface area contributed by atoms with Gasteiger partial charge in [-0.3, -0.25) is 0 Å². The Labute approximate surface area is 70.1 Å². The van der Waals surface area contributed by atoms with E-state index in [1.54, 1.807) is 11.3 Å². The second kappa shape index (κ2) is 4.49. The molecule has 0 spiro atoms. The number of aryl methyl sites for hydroxylation is 1. The maximum Gasteiger partial charge on any atom is 0.151 e. The molecule has 0 bridgehead atoms. The fourth-order valence-electron chi connectivity index (χ4n) is 0.924. The van der Waals surface area contributed by atoms with E-state index in [0.29, 0.717) is 6.42 Å². The zero-order chi connectivity index (χ0) is 8.10. The fourth-order valence-corrected chi connectivity index (χ4v) is 1.63. The largest absolute Gasteiger partial charge is 0.368 e. The van der Waals surface area contributed by atoms with E-state index in [2.05, 4.69) is 11.4 Å². The highest BCUT2D eigenvalue weighted by atomic mass is 32.1. The summed E-state index contributed by atoms with van der Waals surface area (Å²) in [6.45, 7) is 0. The first kappa shape index (κ1) is 8.71. The van der Waals surface area contributed by atoms with E-state index < -0.39 is 6.29 Å². The Bertz CT molecular complexity index is 182. The molecule has 2 nitrogen and oxygen atoms in total. The molecule has 1 aromatic heterocycles. The molecule has 0 unspecified atom stereocenters. The summed E-state index contributed by atoms with van der Waals surface area (Å²) in [7, 11) is 0. The summed E-state index contributed by atoms with van der Waals surface area (Å²) in [4.78, 5) is 0. The van der Waals surface area contributed by atoms with Gasteiger partial charge in [0.2, 0.25) is 0 Å². The van der Waals surface area contributed by atoms with E-state index in [1.165, 1.54) is 5.56 Å². The number of hydrogen-bond acceptors (Lipinski definition) is 3. The third kappa shape index (κ3) is 3.51. The Balaban J connectivity index is 2.14. The summed E-state index contributed by atoms with van der Waals surface area (Å²) in [5, 5.41) is 21.2. The summed E-state index contributed by atoms with van der Waals surface area (Å²) in [5.74, 6) is 0. The summed E-state index contributed by atoms with van der Waals surface area (Å²) in [5.41, 5.74) is 1.29. The lowest BCUT2D eigenvalue weighted by Crippen LogP contribution is -2.03. The van der Waals surface area contributed by atoms with Crippen molar-refractivity contribution in [3.63, 3.8) is 0 Å². The molecule has 0 aliphatic rings. The molecule has 0 aliphatic carbocycles. The van der Waals surface area contributed by atoms with E-state index in [-0.39, 0.29) is 0 Å². The van der Waals surface area contributed by atoms with Crippen LogP contribution in [-0.4, -0.2) is 16.5 Å². The van der Waals surface area contributed by atoms with Gasteiger partial charge in [-0.1, -0.05) is 0 Å². The molecule has 0 saturated carbocycles. The molecule has 1 heterocycles. The zero-order valence-corrected chi connectivity index (χ0v) is 7.05. The normalized spacial score (nSPS) is 10.8. The van der Waals surface area contributed by atoms with Crippen molar-refractivity contribution in [3.05, 3.63) is 22.4 Å². The lowest BCUT2D eigenvalue weighted by Gasteiger charge is -2.00. The summed E-state index contributed by atoms with van der Waals surface area (Å²) in [6.07, 6.45) is 1.11. The average Bonchev–Trinajstić information content (AvgIpc) is 2.39. The topological polar surface area (TPSA) is 40.5 Å². The highest BCUT2D eigenvalue weighted by molar-refractivity contribution is 7.07. The summed E-state index contributed by atoms with van der Waals surface area (Å²) >= 11 is 1.67. The zero-order valence-electron chi connectivity index (χ0n) is 6.23. The van der Waals surface area contributed by atoms with Gasteiger partial charge in [0.25, 0.3) is 0 Å². The van der Waals surface area contributed by atoms with E-state index in [1.807, 2.05) is 5.38 Å². The Morgan fingerprint density at radius 2 is 2.27 bits per heavy atom. The molecule has 3 heteroatoms. The minimum absolute atomic E-state index is 0.468. The number of thiophene rings is 1. The van der Waals surface area contributed by atoms with Gasteiger partial charge in [0.15, 0.2) is 6.29 Å². The van der Waals surface area contributed by atoms with Crippen molar-refractivity contribution in [3.8, 4) is 0 Å². The Kier molecular flexibility index (Phi) is 3.56. The van der Waals surface area contributed by atoms with Crippen LogP contribution >= 0.6 is 11.3 Å². The van der Waals surface area contributed by atoms with Crippen LogP contribution in [0.1, 0.15) is 18.4 Å². The van der Waals surface area contributed by atoms with Gasteiger partial charge in [-0.25, -0.2) is 0 Å². The highest BCUT2D eigenvalue weighted by Gasteiger charge is 1.97. The van der Waals surface area contributed by atoms with Crippen LogP contribution in [0.5, 0.6) is 0 Å². The fraction of sp³-hybridized carbons (Fsp3) is 0.500. The van der Waals surface area contributed by atoms with Crippen LogP contribution in [-0.2, 0) is 6.42 Å². The molecule has 0 amide bonds. The summed E-state index contributed by atoms with van der Waals surface area (Å²) < 4.78 is 0. The number of aliphatic hydroxyl groups excluding tert-OH is 1. The number of hydrogen-bond donors (Lipinski definition) is 2. The maximum atomic E-state index is 8.54. The molecule has 62 valence electrons. The van der Waals surface area contributed by atoms with Crippen molar-refractivity contribution in [1.29, 1.82) is 0 Å². The third-order valence-electron chi connectivity index (χ3n) is 1.51. The molecule has 0 atom stereocenters. The lowest BCUT2D eigenvalue weighted by atomic mass is 10.1. The molecular formula is C8H12O2S. The molecule has 2 N–H and O–H groups in total. The molecule has 0 aromatic carbocycles. The van der Waals surface area contributed by atoms with Crippen molar-refractivity contribution < 1.29 is 10.2 Å². The lowest BCUT2D eigenvalue weighted by molar-refractivity contribution is -0.0461. The van der Waals surface area contributed by atoms with E-state index >= 15 is 0 Å². The predicted molar refractivity (Wildman–Crippen MR) is 45.5 cm³/mol. The first-order chi connectivity index (χ1) is 5.29. The quantitative estimate of drug-likeness (QED) is 0.674. The van der Waals surface area contributed by atoms with Crippen molar-refractivity contribution in [2.24, 2.45) is 0 Å². The highest BCUT2D eigenvalue weighted by Crippen LogP contribution is 2.09. The predicted octanol–water partition coefficient (Wildman–Crippen LogP) is 1.38. The Hall–Kier alpha value is -0.380. The van der Waals surface area contributed by atoms with Crippen LogP contribution in [0.2, 0.25) is 0 Å². The van der Waals surface area contributed by atoms with Crippen molar-refractivity contribution >= 4 is 11.3 Å².